The number of hydrogen-bond donors (Lipinski definition) is 0. The summed E-state index contributed by atoms with van der Waals surface area (Å²) in [6.45, 7) is 6.02. The highest BCUT2D eigenvalue weighted by atomic mass is 16.6. The average molecular weight is 340 g/mol. The molecule has 2 aromatic rings. The first-order valence-electron chi connectivity index (χ1n) is 8.77. The van der Waals surface area contributed by atoms with Crippen LogP contribution >= 0.6 is 0 Å². The molecule has 1 aliphatic rings. The van der Waals surface area contributed by atoms with Crippen molar-refractivity contribution in [2.24, 2.45) is 5.92 Å². The molecule has 0 spiro atoms. The molecule has 0 bridgehead atoms. The second-order valence-electron chi connectivity index (χ2n) is 6.48. The maximum Gasteiger partial charge on any atom is 0.338 e. The van der Waals surface area contributed by atoms with Crippen LogP contribution in [0.2, 0.25) is 0 Å². The number of ether oxygens (including phenoxy) is 3. The van der Waals surface area contributed by atoms with Crippen LogP contribution in [-0.4, -0.2) is 31.9 Å². The lowest BCUT2D eigenvalue weighted by Gasteiger charge is -2.10. The Morgan fingerprint density at radius 1 is 1.12 bits per heavy atom. The number of epoxide rings is 1. The Morgan fingerprint density at radius 3 is 2.28 bits per heavy atom. The number of carbonyl (C=O) groups is 1. The summed E-state index contributed by atoms with van der Waals surface area (Å²) in [5.74, 6) is 0.956. The summed E-state index contributed by atoms with van der Waals surface area (Å²) in [5.41, 5.74) is 2.71. The Hall–Kier alpha value is -2.33. The third-order valence-corrected chi connectivity index (χ3v) is 4.34. The van der Waals surface area contributed by atoms with E-state index in [9.17, 15) is 4.79 Å². The van der Waals surface area contributed by atoms with Gasteiger partial charge < -0.3 is 14.2 Å². The SMILES string of the molecule is CC[C@@H](C)COC(=O)c1ccc(-c2ccc(OCC3CO3)cc2)cc1. The van der Waals surface area contributed by atoms with Gasteiger partial charge in [-0.15, -0.1) is 0 Å². The molecule has 25 heavy (non-hydrogen) atoms. The Bertz CT molecular complexity index is 687. The van der Waals surface area contributed by atoms with E-state index in [2.05, 4.69) is 13.8 Å². The number of carbonyl (C=O) groups excluding carboxylic acids is 1. The fraction of sp³-hybridized carbons (Fsp3) is 0.381. The second-order valence-corrected chi connectivity index (χ2v) is 6.48. The molecule has 2 aromatic carbocycles. The Balaban J connectivity index is 1.58. The first-order valence-corrected chi connectivity index (χ1v) is 8.77. The van der Waals surface area contributed by atoms with Crippen molar-refractivity contribution in [3.8, 4) is 16.9 Å². The summed E-state index contributed by atoms with van der Waals surface area (Å²) in [7, 11) is 0. The van der Waals surface area contributed by atoms with Gasteiger partial charge in [-0.3, -0.25) is 0 Å². The van der Waals surface area contributed by atoms with Gasteiger partial charge in [-0.1, -0.05) is 44.5 Å². The van der Waals surface area contributed by atoms with E-state index in [0.29, 0.717) is 24.7 Å². The van der Waals surface area contributed by atoms with Crippen LogP contribution in [0.25, 0.3) is 11.1 Å². The Labute approximate surface area is 148 Å². The molecule has 0 amide bonds. The van der Waals surface area contributed by atoms with Crippen LogP contribution in [0.5, 0.6) is 5.75 Å². The lowest BCUT2D eigenvalue weighted by molar-refractivity contribution is 0.0447. The molecule has 2 atom stereocenters. The molecule has 1 heterocycles. The molecule has 0 N–H and O–H groups in total. The molecule has 3 rings (SSSR count). The highest BCUT2D eigenvalue weighted by Crippen LogP contribution is 2.24. The number of hydrogen-bond acceptors (Lipinski definition) is 4. The van der Waals surface area contributed by atoms with Crippen molar-refractivity contribution in [1.82, 2.24) is 0 Å². The van der Waals surface area contributed by atoms with E-state index in [1.54, 1.807) is 0 Å². The van der Waals surface area contributed by atoms with Crippen molar-refractivity contribution in [1.29, 1.82) is 0 Å². The highest BCUT2D eigenvalue weighted by Gasteiger charge is 2.22. The minimum Gasteiger partial charge on any atom is -0.491 e. The lowest BCUT2D eigenvalue weighted by Crippen LogP contribution is -2.11. The normalized spacial score (nSPS) is 17.0. The van der Waals surface area contributed by atoms with Crippen LogP contribution in [-0.2, 0) is 9.47 Å². The van der Waals surface area contributed by atoms with E-state index in [4.69, 9.17) is 14.2 Å². The van der Waals surface area contributed by atoms with Gasteiger partial charge in [0.25, 0.3) is 0 Å². The Kier molecular flexibility index (Phi) is 5.71. The summed E-state index contributed by atoms with van der Waals surface area (Å²) < 4.78 is 16.1. The molecule has 1 aliphatic heterocycles. The maximum absolute atomic E-state index is 12.0. The quantitative estimate of drug-likeness (QED) is 0.530. The third-order valence-electron chi connectivity index (χ3n) is 4.34. The number of esters is 1. The van der Waals surface area contributed by atoms with E-state index in [1.807, 2.05) is 48.5 Å². The van der Waals surface area contributed by atoms with Gasteiger partial charge >= 0.3 is 5.97 Å². The number of benzene rings is 2. The molecule has 132 valence electrons. The van der Waals surface area contributed by atoms with E-state index >= 15 is 0 Å². The summed E-state index contributed by atoms with van der Waals surface area (Å²) in [4.78, 5) is 12.0. The molecule has 4 heteroatoms. The van der Waals surface area contributed by atoms with Crippen LogP contribution < -0.4 is 4.74 Å². The van der Waals surface area contributed by atoms with Gasteiger partial charge in [0, 0.05) is 0 Å². The van der Waals surface area contributed by atoms with E-state index in [-0.39, 0.29) is 12.1 Å². The summed E-state index contributed by atoms with van der Waals surface area (Å²) in [6, 6.07) is 15.4. The molecule has 0 saturated carbocycles. The predicted molar refractivity (Wildman–Crippen MR) is 96.9 cm³/mol. The fourth-order valence-corrected chi connectivity index (χ4v) is 2.31. The molecule has 0 aromatic heterocycles. The first kappa shape index (κ1) is 17.5. The summed E-state index contributed by atoms with van der Waals surface area (Å²) >= 11 is 0. The van der Waals surface area contributed by atoms with Crippen molar-refractivity contribution < 1.29 is 19.0 Å². The van der Waals surface area contributed by atoms with Gasteiger partial charge in [0.1, 0.15) is 18.5 Å². The summed E-state index contributed by atoms with van der Waals surface area (Å²) in [6.07, 6.45) is 1.26. The van der Waals surface area contributed by atoms with Gasteiger partial charge in [0.15, 0.2) is 0 Å². The molecular weight excluding hydrogens is 316 g/mol. The van der Waals surface area contributed by atoms with Crippen LogP contribution in [0.1, 0.15) is 30.6 Å². The maximum atomic E-state index is 12.0. The molecule has 0 aliphatic carbocycles. The van der Waals surface area contributed by atoms with E-state index in [0.717, 1.165) is 29.9 Å². The largest absolute Gasteiger partial charge is 0.491 e. The minimum absolute atomic E-state index is 0.257. The number of rotatable bonds is 8. The van der Waals surface area contributed by atoms with Crippen molar-refractivity contribution in [2.75, 3.05) is 19.8 Å². The minimum atomic E-state index is -0.266. The molecule has 4 nitrogen and oxygen atoms in total. The van der Waals surface area contributed by atoms with Crippen molar-refractivity contribution in [2.45, 2.75) is 26.4 Å². The second kappa shape index (κ2) is 8.17. The molecule has 1 unspecified atom stereocenters. The van der Waals surface area contributed by atoms with Crippen molar-refractivity contribution in [3.63, 3.8) is 0 Å². The zero-order valence-electron chi connectivity index (χ0n) is 14.7. The van der Waals surface area contributed by atoms with E-state index < -0.39 is 0 Å². The standard InChI is InChI=1S/C21H24O4/c1-3-15(2)12-25-21(22)18-6-4-16(5-7-18)17-8-10-19(11-9-17)23-13-20-14-24-20/h4-11,15,20H,3,12-14H2,1-2H3/t15-,20?/m1/s1. The van der Waals surface area contributed by atoms with Gasteiger partial charge in [-0.25, -0.2) is 4.79 Å². The van der Waals surface area contributed by atoms with Gasteiger partial charge in [0.05, 0.1) is 18.8 Å². The first-order chi connectivity index (χ1) is 12.2. The van der Waals surface area contributed by atoms with Crippen molar-refractivity contribution >= 4 is 5.97 Å². The fourth-order valence-electron chi connectivity index (χ4n) is 2.31. The van der Waals surface area contributed by atoms with Crippen LogP contribution in [0.15, 0.2) is 48.5 Å². The zero-order valence-corrected chi connectivity index (χ0v) is 14.7. The van der Waals surface area contributed by atoms with Gasteiger partial charge in [0.2, 0.25) is 0 Å². The molecular formula is C21H24O4. The monoisotopic (exact) mass is 340 g/mol. The van der Waals surface area contributed by atoms with Gasteiger partial charge in [-0.05, 0) is 41.3 Å². The topological polar surface area (TPSA) is 48.1 Å². The lowest BCUT2D eigenvalue weighted by atomic mass is 10.0. The Morgan fingerprint density at radius 2 is 1.72 bits per heavy atom. The molecule has 1 saturated heterocycles. The van der Waals surface area contributed by atoms with Crippen LogP contribution in [0, 0.1) is 5.92 Å². The van der Waals surface area contributed by atoms with Gasteiger partial charge in [-0.2, -0.15) is 0 Å². The van der Waals surface area contributed by atoms with Crippen molar-refractivity contribution in [3.05, 3.63) is 54.1 Å². The smallest absolute Gasteiger partial charge is 0.338 e. The van der Waals surface area contributed by atoms with Crippen LogP contribution in [0.3, 0.4) is 0 Å². The third kappa shape index (κ3) is 5.07. The average Bonchev–Trinajstić information content (AvgIpc) is 3.49. The highest BCUT2D eigenvalue weighted by molar-refractivity contribution is 5.90. The zero-order chi connectivity index (χ0) is 17.6. The summed E-state index contributed by atoms with van der Waals surface area (Å²) in [5, 5.41) is 0. The van der Waals surface area contributed by atoms with Crippen LogP contribution in [0.4, 0.5) is 0 Å². The molecule has 1 fully saturated rings. The predicted octanol–water partition coefficient (Wildman–Crippen LogP) is 4.33. The molecule has 0 radical (unpaired) electrons. The van der Waals surface area contributed by atoms with E-state index in [1.165, 1.54) is 0 Å².